The second-order valence-corrected chi connectivity index (χ2v) is 5.55. The first-order valence-corrected chi connectivity index (χ1v) is 7.66. The van der Waals surface area contributed by atoms with Crippen molar-refractivity contribution in [1.29, 1.82) is 0 Å². The highest BCUT2D eigenvalue weighted by atomic mass is 16.2. The molecule has 0 spiro atoms. The van der Waals surface area contributed by atoms with Gasteiger partial charge in [0.1, 0.15) is 0 Å². The minimum absolute atomic E-state index is 0.0784. The van der Waals surface area contributed by atoms with Gasteiger partial charge in [0, 0.05) is 25.6 Å². The van der Waals surface area contributed by atoms with E-state index in [-0.39, 0.29) is 23.9 Å². The molecule has 0 aromatic rings. The van der Waals surface area contributed by atoms with Gasteiger partial charge in [0.25, 0.3) is 0 Å². The minimum atomic E-state index is -0.261. The average Bonchev–Trinajstić information content (AvgIpc) is 2.52. The number of hydrazine groups is 1. The summed E-state index contributed by atoms with van der Waals surface area (Å²) in [6, 6.07) is -0.340. The molecule has 1 saturated carbocycles. The van der Waals surface area contributed by atoms with E-state index in [1.807, 2.05) is 6.92 Å². The third-order valence-electron chi connectivity index (χ3n) is 3.97. The van der Waals surface area contributed by atoms with Crippen LogP contribution < -0.4 is 27.2 Å². The second-order valence-electron chi connectivity index (χ2n) is 5.55. The fourth-order valence-electron chi connectivity index (χ4n) is 2.45. The smallest absolute Gasteiger partial charge is 0.329 e. The largest absolute Gasteiger partial charge is 0.359 e. The Morgan fingerprint density at radius 3 is 2.52 bits per heavy atom. The van der Waals surface area contributed by atoms with Crippen LogP contribution in [-0.2, 0) is 4.79 Å². The standard InChI is InChI=1S/C14H28N5O2/c1-3-12(15)9-18-19-14(21)17-8-10-4-6-11(7-5-10)13(20)16-2/h9-12,18H,3-8,15H2,1-2H3,(H,16,20)(H2,17,19,21)/t10?,11?,12-/m0/s1. The van der Waals surface area contributed by atoms with Crippen molar-refractivity contribution in [1.82, 2.24) is 21.5 Å². The zero-order chi connectivity index (χ0) is 15.7. The maximum atomic E-state index is 11.6. The van der Waals surface area contributed by atoms with Crippen LogP contribution in [0, 0.1) is 18.4 Å². The number of hydrogen-bond acceptors (Lipinski definition) is 4. The maximum absolute atomic E-state index is 11.6. The molecule has 0 aromatic carbocycles. The number of carbonyl (C=O) groups is 2. The number of hydrogen-bond donors (Lipinski definition) is 5. The van der Waals surface area contributed by atoms with Gasteiger partial charge in [-0.15, -0.1) is 0 Å². The Morgan fingerprint density at radius 1 is 1.29 bits per heavy atom. The third kappa shape index (κ3) is 6.77. The molecule has 1 rings (SSSR count). The molecule has 1 atom stereocenters. The predicted molar refractivity (Wildman–Crippen MR) is 81.8 cm³/mol. The van der Waals surface area contributed by atoms with E-state index < -0.39 is 0 Å². The van der Waals surface area contributed by atoms with E-state index in [0.717, 1.165) is 32.1 Å². The monoisotopic (exact) mass is 298 g/mol. The van der Waals surface area contributed by atoms with Gasteiger partial charge < -0.3 is 16.4 Å². The normalized spacial score (nSPS) is 23.2. The summed E-state index contributed by atoms with van der Waals surface area (Å²) in [7, 11) is 1.68. The van der Waals surface area contributed by atoms with Gasteiger partial charge in [-0.05, 0) is 38.0 Å². The van der Waals surface area contributed by atoms with E-state index in [1.165, 1.54) is 0 Å². The first-order valence-electron chi connectivity index (χ1n) is 7.66. The van der Waals surface area contributed by atoms with Gasteiger partial charge in [-0.3, -0.25) is 10.2 Å². The van der Waals surface area contributed by atoms with Crippen LogP contribution in [0.4, 0.5) is 4.79 Å². The Morgan fingerprint density at radius 2 is 1.95 bits per heavy atom. The van der Waals surface area contributed by atoms with Gasteiger partial charge in [-0.2, -0.15) is 0 Å². The summed E-state index contributed by atoms with van der Waals surface area (Å²) in [6.07, 6.45) is 4.54. The van der Waals surface area contributed by atoms with Crippen LogP contribution in [0.1, 0.15) is 39.0 Å². The lowest BCUT2D eigenvalue weighted by atomic mass is 9.81. The zero-order valence-electron chi connectivity index (χ0n) is 12.9. The van der Waals surface area contributed by atoms with Crippen molar-refractivity contribution in [2.45, 2.75) is 45.1 Å². The SMILES string of the molecule is CC[C@H](N)[CH]NNC(=O)NCC1CCC(C(=O)NC)CC1. The molecular formula is C14H28N5O2. The quantitative estimate of drug-likeness (QED) is 0.434. The molecule has 1 radical (unpaired) electrons. The lowest BCUT2D eigenvalue weighted by Gasteiger charge is -2.27. The Kier molecular flexibility index (Phi) is 8.07. The van der Waals surface area contributed by atoms with Crippen molar-refractivity contribution < 1.29 is 9.59 Å². The van der Waals surface area contributed by atoms with Crippen LogP contribution in [-0.4, -0.2) is 31.6 Å². The van der Waals surface area contributed by atoms with Crippen molar-refractivity contribution in [3.63, 3.8) is 0 Å². The van der Waals surface area contributed by atoms with E-state index >= 15 is 0 Å². The van der Waals surface area contributed by atoms with Gasteiger partial charge in [0.2, 0.25) is 5.91 Å². The van der Waals surface area contributed by atoms with Crippen LogP contribution in [0.2, 0.25) is 0 Å². The van der Waals surface area contributed by atoms with E-state index in [1.54, 1.807) is 13.6 Å². The van der Waals surface area contributed by atoms with Gasteiger partial charge in [0.05, 0.1) is 6.54 Å². The summed E-state index contributed by atoms with van der Waals surface area (Å²) < 4.78 is 0. The number of carbonyl (C=O) groups excluding carboxylic acids is 2. The highest BCUT2D eigenvalue weighted by molar-refractivity contribution is 5.78. The average molecular weight is 298 g/mol. The molecule has 0 aromatic heterocycles. The maximum Gasteiger partial charge on any atom is 0.329 e. The molecule has 0 unspecified atom stereocenters. The van der Waals surface area contributed by atoms with Crippen molar-refractivity contribution in [2.75, 3.05) is 13.6 Å². The molecule has 121 valence electrons. The summed E-state index contributed by atoms with van der Waals surface area (Å²) in [5.41, 5.74) is 10.9. The van der Waals surface area contributed by atoms with E-state index in [2.05, 4.69) is 21.5 Å². The number of nitrogens with one attached hydrogen (secondary N) is 4. The summed E-state index contributed by atoms with van der Waals surface area (Å²) in [5, 5.41) is 5.52. The van der Waals surface area contributed by atoms with E-state index in [4.69, 9.17) is 5.73 Å². The molecule has 0 bridgehead atoms. The highest BCUT2D eigenvalue weighted by Crippen LogP contribution is 2.28. The lowest BCUT2D eigenvalue weighted by molar-refractivity contribution is -0.125. The number of rotatable bonds is 7. The highest BCUT2D eigenvalue weighted by Gasteiger charge is 2.25. The second kappa shape index (κ2) is 9.57. The van der Waals surface area contributed by atoms with E-state index in [0.29, 0.717) is 12.5 Å². The first kappa shape index (κ1) is 17.7. The number of amides is 3. The van der Waals surface area contributed by atoms with Gasteiger partial charge in [-0.1, -0.05) is 6.92 Å². The van der Waals surface area contributed by atoms with Crippen LogP contribution >= 0.6 is 0 Å². The summed E-state index contributed by atoms with van der Waals surface area (Å²) in [4.78, 5) is 23.1. The van der Waals surface area contributed by atoms with Crippen LogP contribution in [0.25, 0.3) is 0 Å². The Hall–Kier alpha value is -1.34. The first-order chi connectivity index (χ1) is 10.1. The van der Waals surface area contributed by atoms with E-state index in [9.17, 15) is 9.59 Å². The molecular weight excluding hydrogens is 270 g/mol. The number of urea groups is 1. The fourth-order valence-corrected chi connectivity index (χ4v) is 2.45. The molecule has 7 heteroatoms. The Labute approximate surface area is 126 Å². The minimum Gasteiger partial charge on any atom is -0.359 e. The third-order valence-corrected chi connectivity index (χ3v) is 3.97. The van der Waals surface area contributed by atoms with Gasteiger partial charge in [-0.25, -0.2) is 10.2 Å². The topological polar surface area (TPSA) is 108 Å². The van der Waals surface area contributed by atoms with Gasteiger partial charge in [0.15, 0.2) is 0 Å². The molecule has 6 N–H and O–H groups in total. The molecule has 0 saturated heterocycles. The summed E-state index contributed by atoms with van der Waals surface area (Å²) >= 11 is 0. The van der Waals surface area contributed by atoms with Crippen LogP contribution in [0.5, 0.6) is 0 Å². The molecule has 0 aliphatic heterocycles. The molecule has 1 fully saturated rings. The lowest BCUT2D eigenvalue weighted by Crippen LogP contribution is -2.47. The van der Waals surface area contributed by atoms with Crippen molar-refractivity contribution in [2.24, 2.45) is 17.6 Å². The Balaban J connectivity index is 2.10. The van der Waals surface area contributed by atoms with Crippen molar-refractivity contribution in [3.8, 4) is 0 Å². The molecule has 3 amide bonds. The summed E-state index contributed by atoms with van der Waals surface area (Å²) in [6.45, 7) is 4.25. The molecule has 0 heterocycles. The zero-order valence-corrected chi connectivity index (χ0v) is 12.9. The molecule has 21 heavy (non-hydrogen) atoms. The van der Waals surface area contributed by atoms with Crippen molar-refractivity contribution >= 4 is 11.9 Å². The molecule has 1 aliphatic carbocycles. The fraction of sp³-hybridized carbons (Fsp3) is 0.786. The Bertz CT molecular complexity index is 329. The van der Waals surface area contributed by atoms with Gasteiger partial charge >= 0.3 is 6.03 Å². The summed E-state index contributed by atoms with van der Waals surface area (Å²) in [5.74, 6) is 0.705. The molecule has 1 aliphatic rings. The van der Waals surface area contributed by atoms with Crippen molar-refractivity contribution in [3.05, 3.63) is 6.54 Å². The number of nitrogens with two attached hydrogens (primary N) is 1. The molecule has 7 nitrogen and oxygen atoms in total. The predicted octanol–water partition coefficient (Wildman–Crippen LogP) is 0.242. The van der Waals surface area contributed by atoms with Crippen LogP contribution in [0.15, 0.2) is 0 Å². The van der Waals surface area contributed by atoms with Crippen LogP contribution in [0.3, 0.4) is 0 Å².